The molecule has 0 bridgehead atoms. The minimum atomic E-state index is -0.0628. The van der Waals surface area contributed by atoms with Gasteiger partial charge in [-0.05, 0) is 54.2 Å². The van der Waals surface area contributed by atoms with Crippen LogP contribution in [0.1, 0.15) is 48.9 Å². The summed E-state index contributed by atoms with van der Waals surface area (Å²) < 4.78 is 2.51. The Bertz CT molecular complexity index is 1370. The summed E-state index contributed by atoms with van der Waals surface area (Å²) in [5, 5.41) is 2.70. The number of para-hydroxylation sites is 1. The molecule has 1 nitrogen and oxygen atoms in total. The molecule has 1 aromatic heterocycles. The van der Waals surface area contributed by atoms with Crippen molar-refractivity contribution in [3.63, 3.8) is 0 Å². The monoisotopic (exact) mass is 375 g/mol. The van der Waals surface area contributed by atoms with Gasteiger partial charge in [-0.1, -0.05) is 80.1 Å². The average molecular weight is 376 g/mol. The van der Waals surface area contributed by atoms with E-state index in [0.29, 0.717) is 0 Å². The van der Waals surface area contributed by atoms with Gasteiger partial charge in [-0.3, -0.25) is 0 Å². The van der Waals surface area contributed by atoms with Crippen LogP contribution >= 0.6 is 0 Å². The number of nitrogens with zero attached hydrogens (tertiary/aromatic N) is 1. The van der Waals surface area contributed by atoms with Crippen LogP contribution in [-0.4, -0.2) is 4.57 Å². The van der Waals surface area contributed by atoms with E-state index >= 15 is 0 Å². The Morgan fingerprint density at radius 2 is 1.76 bits per heavy atom. The van der Waals surface area contributed by atoms with Gasteiger partial charge in [-0.25, -0.2) is 0 Å². The third-order valence-corrected chi connectivity index (χ3v) is 6.83. The highest BCUT2D eigenvalue weighted by molar-refractivity contribution is 6.12. The van der Waals surface area contributed by atoms with Gasteiger partial charge in [-0.15, -0.1) is 0 Å². The zero-order valence-electron chi connectivity index (χ0n) is 17.3. The Labute approximate surface area is 172 Å². The van der Waals surface area contributed by atoms with Gasteiger partial charge >= 0.3 is 0 Å². The molecule has 4 aromatic rings. The zero-order valence-corrected chi connectivity index (χ0v) is 17.3. The van der Waals surface area contributed by atoms with Crippen LogP contribution in [-0.2, 0) is 5.41 Å². The molecular formula is C28H25N. The fourth-order valence-electron chi connectivity index (χ4n) is 5.47. The first-order valence-electron chi connectivity index (χ1n) is 10.6. The maximum absolute atomic E-state index is 2.51. The summed E-state index contributed by atoms with van der Waals surface area (Å²) in [5.74, 6) is 0. The lowest BCUT2D eigenvalue weighted by atomic mass is 9.71. The summed E-state index contributed by atoms with van der Waals surface area (Å²) in [5.41, 5.74) is 10.9. The van der Waals surface area contributed by atoms with Crippen LogP contribution in [0.25, 0.3) is 33.1 Å². The molecule has 142 valence electrons. The van der Waals surface area contributed by atoms with Crippen molar-refractivity contribution in [2.24, 2.45) is 0 Å². The summed E-state index contributed by atoms with van der Waals surface area (Å²) in [6, 6.07) is 20.5. The van der Waals surface area contributed by atoms with Crippen molar-refractivity contribution in [2.45, 2.75) is 39.0 Å². The highest BCUT2D eigenvalue weighted by Gasteiger charge is 2.37. The molecule has 0 saturated carbocycles. The normalized spacial score (nSPS) is 16.9. The van der Waals surface area contributed by atoms with Gasteiger partial charge in [0.15, 0.2) is 0 Å². The summed E-state index contributed by atoms with van der Waals surface area (Å²) in [6.45, 7) is 7.00. The molecule has 0 spiro atoms. The van der Waals surface area contributed by atoms with Crippen LogP contribution in [0.2, 0.25) is 0 Å². The Morgan fingerprint density at radius 3 is 2.59 bits per heavy atom. The van der Waals surface area contributed by atoms with E-state index in [0.717, 1.165) is 12.8 Å². The van der Waals surface area contributed by atoms with Crippen LogP contribution < -0.4 is 0 Å². The van der Waals surface area contributed by atoms with Gasteiger partial charge in [0.1, 0.15) is 0 Å². The Morgan fingerprint density at radius 1 is 0.897 bits per heavy atom. The molecule has 2 aliphatic rings. The van der Waals surface area contributed by atoms with Gasteiger partial charge < -0.3 is 4.57 Å². The molecule has 1 heteroatoms. The summed E-state index contributed by atoms with van der Waals surface area (Å²) in [7, 11) is 0. The van der Waals surface area contributed by atoms with E-state index in [4.69, 9.17) is 0 Å². The molecule has 0 atom stereocenters. The maximum Gasteiger partial charge on any atom is 0.0588 e. The lowest BCUT2D eigenvalue weighted by Gasteiger charge is -2.37. The summed E-state index contributed by atoms with van der Waals surface area (Å²) in [4.78, 5) is 0. The van der Waals surface area contributed by atoms with Crippen LogP contribution in [0, 0.1) is 6.92 Å². The fourth-order valence-corrected chi connectivity index (χ4v) is 5.47. The first-order chi connectivity index (χ1) is 14.1. The number of aromatic nitrogens is 1. The largest absolute Gasteiger partial charge is 0.309 e. The molecule has 29 heavy (non-hydrogen) atoms. The van der Waals surface area contributed by atoms with Gasteiger partial charge in [0, 0.05) is 16.2 Å². The minimum absolute atomic E-state index is 0.0628. The Balaban J connectivity index is 1.86. The summed E-state index contributed by atoms with van der Waals surface area (Å²) in [6.07, 6.45) is 9.31. The van der Waals surface area contributed by atoms with Crippen molar-refractivity contribution < 1.29 is 0 Å². The summed E-state index contributed by atoms with van der Waals surface area (Å²) >= 11 is 0. The van der Waals surface area contributed by atoms with Gasteiger partial charge in [0.25, 0.3) is 0 Å². The maximum atomic E-state index is 2.51. The van der Waals surface area contributed by atoms with E-state index in [-0.39, 0.29) is 5.41 Å². The third kappa shape index (κ3) is 2.16. The lowest BCUT2D eigenvalue weighted by Crippen LogP contribution is -2.28. The van der Waals surface area contributed by atoms with E-state index < -0.39 is 0 Å². The lowest BCUT2D eigenvalue weighted by molar-refractivity contribution is 0.627. The van der Waals surface area contributed by atoms with Crippen molar-refractivity contribution in [2.75, 3.05) is 0 Å². The van der Waals surface area contributed by atoms with Crippen molar-refractivity contribution >= 4 is 27.4 Å². The third-order valence-electron chi connectivity index (χ3n) is 6.83. The van der Waals surface area contributed by atoms with Gasteiger partial charge in [0.2, 0.25) is 0 Å². The van der Waals surface area contributed by atoms with E-state index in [1.165, 1.54) is 55.3 Å². The van der Waals surface area contributed by atoms with Gasteiger partial charge in [-0.2, -0.15) is 0 Å². The molecule has 0 radical (unpaired) electrons. The number of aryl methyl sites for hydroxylation is 1. The van der Waals surface area contributed by atoms with Crippen molar-refractivity contribution in [1.29, 1.82) is 0 Å². The molecule has 0 fully saturated rings. The number of hydrogen-bond acceptors (Lipinski definition) is 0. The van der Waals surface area contributed by atoms with Crippen LogP contribution in [0.4, 0.5) is 0 Å². The SMILES string of the molecule is Cc1ccc2c(c1)C(C)(C)c1c(C3=CCCC=C3)ccc3c4ccccc4n-2c13. The number of fused-ring (bicyclic) bond motifs is 5. The van der Waals surface area contributed by atoms with Crippen LogP contribution in [0.5, 0.6) is 0 Å². The van der Waals surface area contributed by atoms with Crippen molar-refractivity contribution in [3.8, 4) is 5.69 Å². The first-order valence-corrected chi connectivity index (χ1v) is 10.6. The second kappa shape index (κ2) is 5.73. The second-order valence-corrected chi connectivity index (χ2v) is 9.02. The van der Waals surface area contributed by atoms with E-state index in [2.05, 4.69) is 98.2 Å². The quantitative estimate of drug-likeness (QED) is 0.325. The molecule has 0 amide bonds. The first kappa shape index (κ1) is 16.9. The van der Waals surface area contributed by atoms with E-state index in [1.54, 1.807) is 0 Å². The topological polar surface area (TPSA) is 4.93 Å². The highest BCUT2D eigenvalue weighted by atomic mass is 15.0. The number of hydrogen-bond donors (Lipinski definition) is 0. The second-order valence-electron chi connectivity index (χ2n) is 9.02. The van der Waals surface area contributed by atoms with E-state index in [9.17, 15) is 0 Å². The van der Waals surface area contributed by atoms with Crippen molar-refractivity contribution in [3.05, 3.63) is 95.1 Å². The minimum Gasteiger partial charge on any atom is -0.309 e. The standard InChI is InChI=1S/C28H25N/c1-18-13-16-25-23(17-18)28(2,3)26-20(19-9-5-4-6-10-19)14-15-22-21-11-7-8-12-24(21)29(25)27(22)26/h5,7-17H,4,6H2,1-3H3. The smallest absolute Gasteiger partial charge is 0.0588 e. The predicted molar refractivity (Wildman–Crippen MR) is 124 cm³/mol. The molecule has 6 rings (SSSR count). The molecule has 0 saturated heterocycles. The van der Waals surface area contributed by atoms with Crippen molar-refractivity contribution in [1.82, 2.24) is 4.57 Å². The van der Waals surface area contributed by atoms with E-state index in [1.807, 2.05) is 0 Å². The number of allylic oxidation sites excluding steroid dienone is 4. The molecule has 2 heterocycles. The molecular weight excluding hydrogens is 350 g/mol. The Kier molecular flexibility index (Phi) is 3.33. The average Bonchev–Trinajstić information content (AvgIpc) is 3.07. The molecule has 0 N–H and O–H groups in total. The molecule has 1 aliphatic heterocycles. The number of rotatable bonds is 1. The molecule has 3 aromatic carbocycles. The van der Waals surface area contributed by atoms with Gasteiger partial charge in [0.05, 0.1) is 16.7 Å². The van der Waals surface area contributed by atoms with Crippen LogP contribution in [0.15, 0.2) is 72.8 Å². The molecule has 0 unspecified atom stereocenters. The Hall–Kier alpha value is -3.06. The molecule has 1 aliphatic carbocycles. The highest BCUT2D eigenvalue weighted by Crippen LogP contribution is 2.50. The zero-order chi connectivity index (χ0) is 19.8. The van der Waals surface area contributed by atoms with Crippen LogP contribution in [0.3, 0.4) is 0 Å². The fraction of sp³-hybridized carbons (Fsp3) is 0.214. The number of benzene rings is 3. The predicted octanol–water partition coefficient (Wildman–Crippen LogP) is 7.46.